The van der Waals surface area contributed by atoms with Crippen molar-refractivity contribution in [3.63, 3.8) is 0 Å². The molecule has 0 spiro atoms. The highest BCUT2D eigenvalue weighted by Crippen LogP contribution is 2.30. The van der Waals surface area contributed by atoms with Crippen LogP contribution in [0.3, 0.4) is 0 Å². The van der Waals surface area contributed by atoms with Crippen LogP contribution in [0.1, 0.15) is 56.2 Å². The van der Waals surface area contributed by atoms with Gasteiger partial charge in [0.2, 0.25) is 0 Å². The van der Waals surface area contributed by atoms with E-state index in [0.29, 0.717) is 0 Å². The highest BCUT2D eigenvalue weighted by Gasteiger charge is 2.13. The SMILES string of the molecule is C=C(CCC/C(C)=C\C)NCCC1=CCc2ccc(C)cc21. The van der Waals surface area contributed by atoms with Gasteiger partial charge in [-0.1, -0.05) is 48.1 Å². The molecule has 0 aromatic heterocycles. The Kier molecular flexibility index (Phi) is 6.06. The molecule has 1 nitrogen and oxygen atoms in total. The number of allylic oxidation sites excluding steroid dienone is 4. The van der Waals surface area contributed by atoms with E-state index in [9.17, 15) is 0 Å². The van der Waals surface area contributed by atoms with E-state index in [1.54, 1.807) is 0 Å². The lowest BCUT2D eigenvalue weighted by Crippen LogP contribution is -2.14. The Labute approximate surface area is 135 Å². The van der Waals surface area contributed by atoms with Gasteiger partial charge >= 0.3 is 0 Å². The molecule has 0 saturated carbocycles. The Bertz CT molecular complexity index is 590. The lowest BCUT2D eigenvalue weighted by molar-refractivity contribution is 0.713. The summed E-state index contributed by atoms with van der Waals surface area (Å²) < 4.78 is 0. The van der Waals surface area contributed by atoms with E-state index in [2.05, 4.69) is 63.0 Å². The summed E-state index contributed by atoms with van der Waals surface area (Å²) in [5.74, 6) is 0. The van der Waals surface area contributed by atoms with Crippen LogP contribution in [0.5, 0.6) is 0 Å². The van der Waals surface area contributed by atoms with Gasteiger partial charge in [0.25, 0.3) is 0 Å². The lowest BCUT2D eigenvalue weighted by Gasteiger charge is -2.11. The van der Waals surface area contributed by atoms with Crippen LogP contribution >= 0.6 is 0 Å². The minimum absolute atomic E-state index is 0.987. The molecule has 1 aliphatic carbocycles. The number of rotatable bonds is 8. The van der Waals surface area contributed by atoms with Crippen LogP contribution in [0.2, 0.25) is 0 Å². The van der Waals surface area contributed by atoms with Gasteiger partial charge in [-0.3, -0.25) is 0 Å². The lowest BCUT2D eigenvalue weighted by atomic mass is 10.0. The molecule has 0 fully saturated rings. The van der Waals surface area contributed by atoms with Crippen molar-refractivity contribution in [3.8, 4) is 0 Å². The molecule has 1 aromatic carbocycles. The summed E-state index contributed by atoms with van der Waals surface area (Å²) in [5, 5.41) is 3.49. The second kappa shape index (κ2) is 8.03. The molecule has 1 heteroatoms. The molecule has 0 heterocycles. The van der Waals surface area contributed by atoms with Gasteiger partial charge in [0.1, 0.15) is 0 Å². The highest BCUT2D eigenvalue weighted by molar-refractivity contribution is 5.73. The topological polar surface area (TPSA) is 12.0 Å². The molecule has 0 aliphatic heterocycles. The van der Waals surface area contributed by atoms with Crippen LogP contribution in [-0.4, -0.2) is 6.54 Å². The number of hydrogen-bond acceptors (Lipinski definition) is 1. The van der Waals surface area contributed by atoms with E-state index in [4.69, 9.17) is 0 Å². The number of fused-ring (bicyclic) bond motifs is 1. The molecule has 118 valence electrons. The molecular weight excluding hydrogens is 266 g/mol. The van der Waals surface area contributed by atoms with Gasteiger partial charge in [0.05, 0.1) is 0 Å². The minimum atomic E-state index is 0.987. The molecule has 0 radical (unpaired) electrons. The maximum atomic E-state index is 4.15. The first-order valence-corrected chi connectivity index (χ1v) is 8.42. The van der Waals surface area contributed by atoms with Crippen molar-refractivity contribution < 1.29 is 0 Å². The summed E-state index contributed by atoms with van der Waals surface area (Å²) in [4.78, 5) is 0. The standard InChI is InChI=1S/C21H29N/c1-5-16(2)7-6-8-18(4)22-14-13-20-12-11-19-10-9-17(3)15-21(19)20/h5,9-10,12,15,22H,4,6-8,11,13-14H2,1-3H3/b16-5-. The molecule has 1 aliphatic rings. The fourth-order valence-corrected chi connectivity index (χ4v) is 2.93. The molecule has 0 saturated heterocycles. The van der Waals surface area contributed by atoms with Crippen LogP contribution in [0.15, 0.2) is 48.2 Å². The fraction of sp³-hybridized carbons (Fsp3) is 0.429. The molecular formula is C21H29N. The second-order valence-electron chi connectivity index (χ2n) is 6.36. The maximum Gasteiger partial charge on any atom is 0.0184 e. The Balaban J connectivity index is 1.72. The first kappa shape index (κ1) is 16.6. The van der Waals surface area contributed by atoms with E-state index in [1.165, 1.54) is 46.4 Å². The summed E-state index contributed by atoms with van der Waals surface area (Å²) in [7, 11) is 0. The van der Waals surface area contributed by atoms with Crippen molar-refractivity contribution in [3.05, 3.63) is 64.9 Å². The third-order valence-corrected chi connectivity index (χ3v) is 4.49. The molecule has 0 amide bonds. The molecule has 1 aromatic rings. The molecule has 0 atom stereocenters. The van der Waals surface area contributed by atoms with E-state index in [0.717, 1.165) is 25.8 Å². The zero-order valence-corrected chi connectivity index (χ0v) is 14.3. The zero-order chi connectivity index (χ0) is 15.9. The first-order chi connectivity index (χ1) is 10.6. The predicted octanol–water partition coefficient (Wildman–Crippen LogP) is 5.56. The van der Waals surface area contributed by atoms with E-state index >= 15 is 0 Å². The van der Waals surface area contributed by atoms with Crippen LogP contribution in [0.25, 0.3) is 5.57 Å². The first-order valence-electron chi connectivity index (χ1n) is 8.42. The van der Waals surface area contributed by atoms with Crippen LogP contribution in [-0.2, 0) is 6.42 Å². The maximum absolute atomic E-state index is 4.15. The van der Waals surface area contributed by atoms with Crippen LogP contribution in [0.4, 0.5) is 0 Å². The summed E-state index contributed by atoms with van der Waals surface area (Å²) >= 11 is 0. The van der Waals surface area contributed by atoms with Gasteiger partial charge < -0.3 is 5.32 Å². The van der Waals surface area contributed by atoms with Gasteiger partial charge in [-0.2, -0.15) is 0 Å². The monoisotopic (exact) mass is 295 g/mol. The van der Waals surface area contributed by atoms with E-state index in [1.807, 2.05) is 0 Å². The summed E-state index contributed by atoms with van der Waals surface area (Å²) in [6, 6.07) is 6.80. The summed E-state index contributed by atoms with van der Waals surface area (Å²) in [6.45, 7) is 11.6. The number of benzene rings is 1. The number of hydrogen-bond donors (Lipinski definition) is 1. The van der Waals surface area contributed by atoms with Gasteiger partial charge in [-0.25, -0.2) is 0 Å². The third-order valence-electron chi connectivity index (χ3n) is 4.49. The van der Waals surface area contributed by atoms with Crippen molar-refractivity contribution in [2.75, 3.05) is 6.54 Å². The van der Waals surface area contributed by atoms with Crippen molar-refractivity contribution in [1.82, 2.24) is 5.32 Å². The van der Waals surface area contributed by atoms with Gasteiger partial charge in [0, 0.05) is 12.2 Å². The third kappa shape index (κ3) is 4.62. The zero-order valence-electron chi connectivity index (χ0n) is 14.3. The van der Waals surface area contributed by atoms with Crippen LogP contribution in [0, 0.1) is 6.92 Å². The summed E-state index contributed by atoms with van der Waals surface area (Å²) in [6.07, 6.45) is 10.2. The normalized spacial score (nSPS) is 13.8. The van der Waals surface area contributed by atoms with Crippen LogP contribution < -0.4 is 5.32 Å². The fourth-order valence-electron chi connectivity index (χ4n) is 2.93. The average molecular weight is 295 g/mol. The predicted molar refractivity (Wildman–Crippen MR) is 97.9 cm³/mol. The number of aryl methyl sites for hydroxylation is 1. The minimum Gasteiger partial charge on any atom is -0.388 e. The number of nitrogens with one attached hydrogen (secondary N) is 1. The average Bonchev–Trinajstić information content (AvgIpc) is 2.89. The van der Waals surface area contributed by atoms with Crippen molar-refractivity contribution >= 4 is 5.57 Å². The van der Waals surface area contributed by atoms with Gasteiger partial charge in [0.15, 0.2) is 0 Å². The van der Waals surface area contributed by atoms with Crippen molar-refractivity contribution in [1.29, 1.82) is 0 Å². The highest BCUT2D eigenvalue weighted by atomic mass is 14.9. The Hall–Kier alpha value is -1.76. The summed E-state index contributed by atoms with van der Waals surface area (Å²) in [5.41, 5.74) is 8.41. The molecule has 1 N–H and O–H groups in total. The largest absolute Gasteiger partial charge is 0.388 e. The Morgan fingerprint density at radius 2 is 2.14 bits per heavy atom. The van der Waals surface area contributed by atoms with Crippen molar-refractivity contribution in [2.45, 2.75) is 52.9 Å². The van der Waals surface area contributed by atoms with Crippen molar-refractivity contribution in [2.24, 2.45) is 0 Å². The second-order valence-corrected chi connectivity index (χ2v) is 6.36. The molecule has 22 heavy (non-hydrogen) atoms. The van der Waals surface area contributed by atoms with Gasteiger partial charge in [-0.15, -0.1) is 0 Å². The van der Waals surface area contributed by atoms with E-state index < -0.39 is 0 Å². The van der Waals surface area contributed by atoms with Gasteiger partial charge in [-0.05, 0) is 69.6 Å². The molecule has 0 unspecified atom stereocenters. The smallest absolute Gasteiger partial charge is 0.0184 e. The quantitative estimate of drug-likeness (QED) is 0.619. The molecule has 0 bridgehead atoms. The Morgan fingerprint density at radius 1 is 1.32 bits per heavy atom. The Morgan fingerprint density at radius 3 is 2.91 bits per heavy atom. The van der Waals surface area contributed by atoms with E-state index in [-0.39, 0.29) is 0 Å². The molecule has 2 rings (SSSR count).